The molecule has 0 aromatic carbocycles. The molecular formula is C8H23NOSi2. The fraction of sp³-hybridized carbons (Fsp3) is 1.00. The predicted octanol–water partition coefficient (Wildman–Crippen LogP) is 2.08. The minimum absolute atomic E-state index is 0.848. The van der Waals surface area contributed by atoms with Crippen molar-refractivity contribution in [3.05, 3.63) is 0 Å². The van der Waals surface area contributed by atoms with E-state index in [9.17, 15) is 0 Å². The molecule has 0 amide bonds. The van der Waals surface area contributed by atoms with Crippen molar-refractivity contribution in [3.63, 3.8) is 0 Å². The van der Waals surface area contributed by atoms with Gasteiger partial charge in [0.05, 0.1) is 0 Å². The van der Waals surface area contributed by atoms with E-state index >= 15 is 0 Å². The van der Waals surface area contributed by atoms with Crippen LogP contribution >= 0.6 is 0 Å². The molecule has 0 rings (SSSR count). The normalized spacial score (nSPS) is 12.5. The second-order valence-corrected chi connectivity index (χ2v) is 10.4. The van der Waals surface area contributed by atoms with Crippen molar-refractivity contribution in [1.82, 2.24) is 4.98 Å². The Hall–Kier alpha value is 0.354. The van der Waals surface area contributed by atoms with Gasteiger partial charge in [0.15, 0.2) is 9.04 Å². The summed E-state index contributed by atoms with van der Waals surface area (Å²) in [6, 6.07) is 0. The van der Waals surface area contributed by atoms with E-state index in [1.165, 1.54) is 12.8 Å². The maximum atomic E-state index is 5.95. The van der Waals surface area contributed by atoms with Crippen LogP contribution in [0, 0.1) is 0 Å². The molecule has 1 N–H and O–H groups in total. The van der Waals surface area contributed by atoms with E-state index in [-0.39, 0.29) is 0 Å². The van der Waals surface area contributed by atoms with E-state index in [4.69, 9.17) is 4.12 Å². The molecule has 74 valence electrons. The van der Waals surface area contributed by atoms with Gasteiger partial charge in [-0.1, -0.05) is 13.3 Å². The summed E-state index contributed by atoms with van der Waals surface area (Å²) in [6.45, 7) is 12.3. The summed E-state index contributed by atoms with van der Waals surface area (Å²) >= 11 is 0. The summed E-state index contributed by atoms with van der Waals surface area (Å²) < 4.78 is 5.95. The van der Waals surface area contributed by atoms with Gasteiger partial charge in [0.2, 0.25) is 0 Å². The van der Waals surface area contributed by atoms with Crippen LogP contribution < -0.4 is 4.98 Å². The number of rotatable bonds is 6. The van der Waals surface area contributed by atoms with Gasteiger partial charge in [-0.25, -0.2) is 0 Å². The second-order valence-electron chi connectivity index (χ2n) is 3.96. The zero-order valence-electron chi connectivity index (χ0n) is 9.11. The Kier molecular flexibility index (Phi) is 6.08. The first-order valence-electron chi connectivity index (χ1n) is 4.91. The molecule has 0 aromatic heterocycles. The first-order chi connectivity index (χ1) is 5.48. The van der Waals surface area contributed by atoms with Crippen molar-refractivity contribution in [3.8, 4) is 0 Å². The molecule has 12 heavy (non-hydrogen) atoms. The van der Waals surface area contributed by atoms with E-state index in [2.05, 4.69) is 38.1 Å². The van der Waals surface area contributed by atoms with E-state index in [1.54, 1.807) is 0 Å². The molecule has 0 atom stereocenters. The SMILES string of the molecule is CCCCN[Si](C)(C)O[SiH](C)C. The molecule has 0 aliphatic heterocycles. The van der Waals surface area contributed by atoms with Crippen LogP contribution in [0.5, 0.6) is 0 Å². The second kappa shape index (κ2) is 5.91. The molecular weight excluding hydrogens is 182 g/mol. The number of hydrogen-bond donors (Lipinski definition) is 1. The molecule has 0 radical (unpaired) electrons. The molecule has 0 unspecified atom stereocenters. The smallest absolute Gasteiger partial charge is 0.251 e. The maximum absolute atomic E-state index is 5.95. The Morgan fingerprint density at radius 2 is 1.92 bits per heavy atom. The number of hydrogen-bond acceptors (Lipinski definition) is 2. The standard InChI is InChI=1S/C8H23NOSi2/c1-6-7-8-9-12(4,5)10-11(2)3/h9,11H,6-8H2,1-5H3. The van der Waals surface area contributed by atoms with Gasteiger partial charge in [-0.15, -0.1) is 0 Å². The van der Waals surface area contributed by atoms with Gasteiger partial charge in [-0.05, 0) is 39.2 Å². The van der Waals surface area contributed by atoms with Crippen LogP contribution in [0.3, 0.4) is 0 Å². The molecule has 0 aliphatic carbocycles. The zero-order valence-corrected chi connectivity index (χ0v) is 11.3. The number of unbranched alkanes of at least 4 members (excludes halogenated alkanes) is 1. The van der Waals surface area contributed by atoms with Crippen molar-refractivity contribution in [2.45, 2.75) is 46.0 Å². The van der Waals surface area contributed by atoms with E-state index in [0.29, 0.717) is 0 Å². The number of nitrogens with one attached hydrogen (secondary N) is 1. The van der Waals surface area contributed by atoms with Gasteiger partial charge in [-0.3, -0.25) is 0 Å². The molecule has 4 heteroatoms. The molecule has 2 nitrogen and oxygen atoms in total. The lowest BCUT2D eigenvalue weighted by atomic mass is 10.3. The van der Waals surface area contributed by atoms with Gasteiger partial charge in [0.1, 0.15) is 0 Å². The topological polar surface area (TPSA) is 21.3 Å². The van der Waals surface area contributed by atoms with Crippen LogP contribution in [0.25, 0.3) is 0 Å². The van der Waals surface area contributed by atoms with E-state index in [0.717, 1.165) is 6.54 Å². The van der Waals surface area contributed by atoms with E-state index < -0.39 is 17.5 Å². The Balaban J connectivity index is 3.56. The Bertz CT molecular complexity index is 118. The fourth-order valence-corrected chi connectivity index (χ4v) is 7.02. The van der Waals surface area contributed by atoms with Gasteiger partial charge in [0.25, 0.3) is 8.48 Å². The van der Waals surface area contributed by atoms with E-state index in [1.807, 2.05) is 0 Å². The lowest BCUT2D eigenvalue weighted by Crippen LogP contribution is -2.50. The fourth-order valence-electron chi connectivity index (χ4n) is 1.20. The summed E-state index contributed by atoms with van der Waals surface area (Å²) in [6.07, 6.45) is 2.52. The third-order valence-electron chi connectivity index (χ3n) is 1.61. The molecule has 0 bridgehead atoms. The molecule has 0 heterocycles. The molecule has 0 aromatic rings. The predicted molar refractivity (Wildman–Crippen MR) is 60.4 cm³/mol. The van der Waals surface area contributed by atoms with Crippen LogP contribution in [-0.2, 0) is 4.12 Å². The average Bonchev–Trinajstić information content (AvgIpc) is 1.84. The Morgan fingerprint density at radius 1 is 1.33 bits per heavy atom. The van der Waals surface area contributed by atoms with Crippen molar-refractivity contribution in [2.24, 2.45) is 0 Å². The summed E-state index contributed by atoms with van der Waals surface area (Å²) in [5.74, 6) is 0. The molecule has 0 fully saturated rings. The minimum Gasteiger partial charge on any atom is -0.447 e. The van der Waals surface area contributed by atoms with Crippen LogP contribution in [0.15, 0.2) is 0 Å². The first kappa shape index (κ1) is 12.4. The maximum Gasteiger partial charge on any atom is 0.251 e. The van der Waals surface area contributed by atoms with Gasteiger partial charge in [-0.2, -0.15) is 0 Å². The third kappa shape index (κ3) is 7.03. The van der Waals surface area contributed by atoms with Crippen molar-refractivity contribution >= 4 is 17.5 Å². The Morgan fingerprint density at radius 3 is 2.33 bits per heavy atom. The van der Waals surface area contributed by atoms with Crippen LogP contribution in [-0.4, -0.2) is 24.1 Å². The largest absolute Gasteiger partial charge is 0.447 e. The highest BCUT2D eigenvalue weighted by atomic mass is 28.4. The lowest BCUT2D eigenvalue weighted by Gasteiger charge is -2.26. The zero-order chi connectivity index (χ0) is 9.61. The summed E-state index contributed by atoms with van der Waals surface area (Å²) in [5, 5.41) is 0. The third-order valence-corrected chi connectivity index (χ3v) is 6.96. The summed E-state index contributed by atoms with van der Waals surface area (Å²) in [5.41, 5.74) is 0. The Labute approximate surface area is 79.6 Å². The lowest BCUT2D eigenvalue weighted by molar-refractivity contribution is 0.542. The van der Waals surface area contributed by atoms with Crippen molar-refractivity contribution in [2.75, 3.05) is 6.54 Å². The average molecular weight is 205 g/mol. The summed E-state index contributed by atoms with van der Waals surface area (Å²) in [7, 11) is -2.34. The highest BCUT2D eigenvalue weighted by molar-refractivity contribution is 6.75. The monoisotopic (exact) mass is 205 g/mol. The molecule has 0 aliphatic rings. The van der Waals surface area contributed by atoms with Crippen molar-refractivity contribution < 1.29 is 4.12 Å². The van der Waals surface area contributed by atoms with Crippen LogP contribution in [0.4, 0.5) is 0 Å². The van der Waals surface area contributed by atoms with Gasteiger partial charge < -0.3 is 9.10 Å². The molecule has 0 spiro atoms. The van der Waals surface area contributed by atoms with Crippen molar-refractivity contribution in [1.29, 1.82) is 0 Å². The van der Waals surface area contributed by atoms with Gasteiger partial charge in [0, 0.05) is 0 Å². The summed E-state index contributed by atoms with van der Waals surface area (Å²) in [4.78, 5) is 3.54. The highest BCUT2D eigenvalue weighted by Crippen LogP contribution is 2.02. The quantitative estimate of drug-likeness (QED) is 0.529. The molecule has 0 saturated carbocycles. The minimum atomic E-state index is -1.49. The van der Waals surface area contributed by atoms with Gasteiger partial charge >= 0.3 is 0 Å². The first-order valence-corrected chi connectivity index (χ1v) is 10.6. The van der Waals surface area contributed by atoms with Crippen LogP contribution in [0.1, 0.15) is 19.8 Å². The molecule has 0 saturated heterocycles. The highest BCUT2D eigenvalue weighted by Gasteiger charge is 2.22. The van der Waals surface area contributed by atoms with Crippen LogP contribution in [0.2, 0.25) is 26.2 Å².